The molecule has 0 bridgehead atoms. The summed E-state index contributed by atoms with van der Waals surface area (Å²) in [4.78, 5) is 12.3. The fraction of sp³-hybridized carbons (Fsp3) is 0.316. The molecule has 0 aliphatic heterocycles. The van der Waals surface area contributed by atoms with Crippen LogP contribution < -0.4 is 5.32 Å². The van der Waals surface area contributed by atoms with Gasteiger partial charge < -0.3 is 9.73 Å². The first-order valence-electron chi connectivity index (χ1n) is 8.52. The molecule has 6 nitrogen and oxygen atoms in total. The maximum atomic E-state index is 12.3. The highest BCUT2D eigenvalue weighted by atomic mass is 32.2. The van der Waals surface area contributed by atoms with Crippen molar-refractivity contribution in [3.05, 3.63) is 54.3 Å². The van der Waals surface area contributed by atoms with E-state index in [1.54, 1.807) is 6.26 Å². The van der Waals surface area contributed by atoms with Gasteiger partial charge in [-0.3, -0.25) is 9.36 Å². The van der Waals surface area contributed by atoms with Gasteiger partial charge >= 0.3 is 0 Å². The van der Waals surface area contributed by atoms with Crippen molar-refractivity contribution in [3.63, 3.8) is 0 Å². The van der Waals surface area contributed by atoms with Crippen molar-refractivity contribution in [2.24, 2.45) is 0 Å². The molecule has 1 N–H and O–H groups in total. The topological polar surface area (TPSA) is 73.0 Å². The Balaban J connectivity index is 1.65. The van der Waals surface area contributed by atoms with Gasteiger partial charge in [-0.2, -0.15) is 0 Å². The van der Waals surface area contributed by atoms with Crippen LogP contribution in [0, 0.1) is 0 Å². The molecule has 2 aromatic heterocycles. The number of benzene rings is 1. The van der Waals surface area contributed by atoms with Crippen LogP contribution in [0.2, 0.25) is 0 Å². The predicted molar refractivity (Wildman–Crippen MR) is 102 cm³/mol. The quantitative estimate of drug-likeness (QED) is 0.634. The first-order valence-corrected chi connectivity index (χ1v) is 9.50. The summed E-state index contributed by atoms with van der Waals surface area (Å²) in [5.74, 6) is 1.58. The molecule has 0 spiro atoms. The molecular weight excluding hydrogens is 348 g/mol. The third kappa shape index (κ3) is 4.16. The van der Waals surface area contributed by atoms with Gasteiger partial charge in [0, 0.05) is 6.04 Å². The predicted octanol–water partition coefficient (Wildman–Crippen LogP) is 4.09. The van der Waals surface area contributed by atoms with E-state index in [0.29, 0.717) is 16.7 Å². The zero-order valence-corrected chi connectivity index (χ0v) is 15.9. The number of amides is 1. The van der Waals surface area contributed by atoms with Gasteiger partial charge in [-0.05, 0) is 38.5 Å². The third-order valence-corrected chi connectivity index (χ3v) is 4.87. The molecule has 0 radical (unpaired) electrons. The van der Waals surface area contributed by atoms with Crippen LogP contribution in [0.3, 0.4) is 0 Å². The fourth-order valence-electron chi connectivity index (χ4n) is 2.65. The highest BCUT2D eigenvalue weighted by Gasteiger charge is 2.19. The Kier molecular flexibility index (Phi) is 5.78. The lowest BCUT2D eigenvalue weighted by molar-refractivity contribution is -0.119. The second-order valence-electron chi connectivity index (χ2n) is 6.24. The lowest BCUT2D eigenvalue weighted by atomic mass is 10.1. The number of rotatable bonds is 7. The van der Waals surface area contributed by atoms with Crippen molar-refractivity contribution in [2.75, 3.05) is 5.75 Å². The highest BCUT2D eigenvalue weighted by Crippen LogP contribution is 2.27. The van der Waals surface area contributed by atoms with E-state index in [-0.39, 0.29) is 23.7 Å². The second-order valence-corrected chi connectivity index (χ2v) is 7.18. The number of thioether (sulfide) groups is 1. The summed E-state index contributed by atoms with van der Waals surface area (Å²) in [6.07, 6.45) is 1.61. The van der Waals surface area contributed by atoms with Crippen molar-refractivity contribution in [1.82, 2.24) is 20.1 Å². The van der Waals surface area contributed by atoms with Crippen LogP contribution in [0.4, 0.5) is 0 Å². The average Bonchev–Trinajstić information content (AvgIpc) is 3.29. The molecule has 2 heterocycles. The number of furan rings is 1. The van der Waals surface area contributed by atoms with Crippen molar-refractivity contribution >= 4 is 17.7 Å². The molecule has 0 fully saturated rings. The van der Waals surface area contributed by atoms with Gasteiger partial charge in [-0.15, -0.1) is 10.2 Å². The molecule has 1 atom stereocenters. The van der Waals surface area contributed by atoms with E-state index in [1.165, 1.54) is 11.8 Å². The van der Waals surface area contributed by atoms with Gasteiger partial charge in [0.25, 0.3) is 0 Å². The van der Waals surface area contributed by atoms with E-state index in [4.69, 9.17) is 4.42 Å². The Labute approximate surface area is 157 Å². The zero-order chi connectivity index (χ0) is 18.5. The lowest BCUT2D eigenvalue weighted by Gasteiger charge is -2.15. The summed E-state index contributed by atoms with van der Waals surface area (Å²) in [5.41, 5.74) is 1.08. The number of nitrogens with one attached hydrogen (secondary N) is 1. The van der Waals surface area contributed by atoms with Crippen LogP contribution in [0.25, 0.3) is 11.6 Å². The summed E-state index contributed by atoms with van der Waals surface area (Å²) >= 11 is 1.37. The van der Waals surface area contributed by atoms with Gasteiger partial charge in [-0.1, -0.05) is 42.1 Å². The zero-order valence-electron chi connectivity index (χ0n) is 15.0. The first kappa shape index (κ1) is 18.3. The number of nitrogens with zero attached hydrogens (tertiary/aromatic N) is 3. The normalized spacial score (nSPS) is 12.3. The second kappa shape index (κ2) is 8.23. The third-order valence-electron chi connectivity index (χ3n) is 3.93. The van der Waals surface area contributed by atoms with Gasteiger partial charge in [-0.25, -0.2) is 0 Å². The summed E-state index contributed by atoms with van der Waals surface area (Å²) < 4.78 is 7.42. The van der Waals surface area contributed by atoms with Crippen LogP contribution >= 0.6 is 11.8 Å². The Morgan fingerprint density at radius 2 is 1.92 bits per heavy atom. The van der Waals surface area contributed by atoms with E-state index in [9.17, 15) is 4.79 Å². The fourth-order valence-corrected chi connectivity index (χ4v) is 3.53. The monoisotopic (exact) mass is 370 g/mol. The van der Waals surface area contributed by atoms with E-state index >= 15 is 0 Å². The van der Waals surface area contributed by atoms with Crippen LogP contribution in [-0.2, 0) is 4.79 Å². The van der Waals surface area contributed by atoms with Gasteiger partial charge in [0.1, 0.15) is 0 Å². The molecule has 7 heteroatoms. The van der Waals surface area contributed by atoms with E-state index in [0.717, 1.165) is 5.56 Å². The maximum Gasteiger partial charge on any atom is 0.230 e. The number of aromatic nitrogens is 3. The standard InChI is InChI=1S/C19H22N4O2S/c1-13(2)23-18(16-10-7-11-25-16)21-22-19(23)26-12-17(24)20-14(3)15-8-5-4-6-9-15/h4-11,13-14H,12H2,1-3H3,(H,20,24)/t14-/m0/s1. The molecule has 3 rings (SSSR count). The molecular formula is C19H22N4O2S. The smallest absolute Gasteiger partial charge is 0.230 e. The molecule has 0 aliphatic rings. The van der Waals surface area contributed by atoms with Crippen LogP contribution in [0.15, 0.2) is 58.3 Å². The molecule has 0 saturated carbocycles. The maximum absolute atomic E-state index is 12.3. The molecule has 0 saturated heterocycles. The molecule has 0 unspecified atom stereocenters. The van der Waals surface area contributed by atoms with E-state index in [2.05, 4.69) is 29.4 Å². The van der Waals surface area contributed by atoms with Gasteiger partial charge in [0.15, 0.2) is 10.9 Å². The molecule has 1 amide bonds. The molecule has 0 aliphatic carbocycles. The summed E-state index contributed by atoms with van der Waals surface area (Å²) in [5, 5.41) is 12.2. The van der Waals surface area contributed by atoms with Crippen LogP contribution in [-0.4, -0.2) is 26.4 Å². The SMILES string of the molecule is CC(C)n1c(SCC(=O)N[C@@H](C)c2ccccc2)nnc1-c1ccco1. The molecule has 26 heavy (non-hydrogen) atoms. The lowest BCUT2D eigenvalue weighted by Crippen LogP contribution is -2.28. The highest BCUT2D eigenvalue weighted by molar-refractivity contribution is 7.99. The van der Waals surface area contributed by atoms with Gasteiger partial charge in [0.2, 0.25) is 11.7 Å². The number of carbonyl (C=O) groups excluding carboxylic acids is 1. The number of carbonyl (C=O) groups is 1. The van der Waals surface area contributed by atoms with Crippen molar-refractivity contribution in [2.45, 2.75) is 38.0 Å². The minimum absolute atomic E-state index is 0.0362. The largest absolute Gasteiger partial charge is 0.461 e. The molecule has 3 aromatic rings. The number of hydrogen-bond donors (Lipinski definition) is 1. The minimum atomic E-state index is -0.0378. The van der Waals surface area contributed by atoms with Crippen molar-refractivity contribution in [3.8, 4) is 11.6 Å². The first-order chi connectivity index (χ1) is 12.6. The van der Waals surface area contributed by atoms with Crippen molar-refractivity contribution < 1.29 is 9.21 Å². The Hall–Kier alpha value is -2.54. The summed E-state index contributed by atoms with van der Waals surface area (Å²) in [7, 11) is 0. The van der Waals surface area contributed by atoms with Crippen LogP contribution in [0.5, 0.6) is 0 Å². The van der Waals surface area contributed by atoms with Gasteiger partial charge in [0.05, 0.1) is 18.1 Å². The van der Waals surface area contributed by atoms with E-state index in [1.807, 2.05) is 54.0 Å². The average molecular weight is 370 g/mol. The Bertz CT molecular complexity index is 844. The minimum Gasteiger partial charge on any atom is -0.461 e. The Morgan fingerprint density at radius 1 is 1.15 bits per heavy atom. The van der Waals surface area contributed by atoms with Crippen molar-refractivity contribution in [1.29, 1.82) is 0 Å². The number of hydrogen-bond acceptors (Lipinski definition) is 5. The van der Waals surface area contributed by atoms with E-state index < -0.39 is 0 Å². The molecule has 136 valence electrons. The van der Waals surface area contributed by atoms with Crippen LogP contribution in [0.1, 0.15) is 38.4 Å². The summed E-state index contributed by atoms with van der Waals surface area (Å²) in [6.45, 7) is 6.08. The summed E-state index contributed by atoms with van der Waals surface area (Å²) in [6, 6.07) is 13.7. The molecule has 1 aromatic carbocycles. The Morgan fingerprint density at radius 3 is 2.58 bits per heavy atom.